The van der Waals surface area contributed by atoms with E-state index in [1.807, 2.05) is 12.1 Å². The third-order valence-electron chi connectivity index (χ3n) is 2.91. The molecule has 17 heavy (non-hydrogen) atoms. The highest BCUT2D eigenvalue weighted by atomic mass is 16.3. The van der Waals surface area contributed by atoms with E-state index in [2.05, 4.69) is 42.6 Å². The van der Waals surface area contributed by atoms with Crippen LogP contribution in [0.15, 0.2) is 53.1 Å². The molecule has 2 nitrogen and oxygen atoms in total. The Labute approximate surface area is 103 Å². The minimum atomic E-state index is 0.292. The van der Waals surface area contributed by atoms with Crippen LogP contribution in [0.2, 0.25) is 0 Å². The molecule has 0 amide bonds. The smallest absolute Gasteiger partial charge is 0.120 e. The SMILES string of the molecule is CC(NCCCc1ccccc1)c1ccco1. The molecular formula is C15H19NO. The van der Waals surface area contributed by atoms with Crippen LogP contribution in [-0.2, 0) is 6.42 Å². The van der Waals surface area contributed by atoms with Crippen molar-refractivity contribution in [2.75, 3.05) is 6.54 Å². The first-order chi connectivity index (χ1) is 8.36. The van der Waals surface area contributed by atoms with E-state index < -0.39 is 0 Å². The Morgan fingerprint density at radius 3 is 2.65 bits per heavy atom. The molecule has 0 bridgehead atoms. The van der Waals surface area contributed by atoms with Gasteiger partial charge in [-0.2, -0.15) is 0 Å². The second-order valence-corrected chi connectivity index (χ2v) is 4.28. The first kappa shape index (κ1) is 11.9. The van der Waals surface area contributed by atoms with Crippen molar-refractivity contribution in [2.45, 2.75) is 25.8 Å². The van der Waals surface area contributed by atoms with Gasteiger partial charge in [0.2, 0.25) is 0 Å². The van der Waals surface area contributed by atoms with Gasteiger partial charge in [-0.15, -0.1) is 0 Å². The van der Waals surface area contributed by atoms with Crippen molar-refractivity contribution in [3.05, 3.63) is 60.1 Å². The molecule has 1 aromatic heterocycles. The highest BCUT2D eigenvalue weighted by molar-refractivity contribution is 5.14. The van der Waals surface area contributed by atoms with E-state index in [9.17, 15) is 0 Å². The van der Waals surface area contributed by atoms with E-state index in [0.29, 0.717) is 6.04 Å². The molecule has 0 aliphatic rings. The summed E-state index contributed by atoms with van der Waals surface area (Å²) < 4.78 is 5.35. The zero-order valence-electron chi connectivity index (χ0n) is 10.2. The summed E-state index contributed by atoms with van der Waals surface area (Å²) in [5, 5.41) is 3.46. The number of hydrogen-bond acceptors (Lipinski definition) is 2. The van der Waals surface area contributed by atoms with Gasteiger partial charge in [-0.25, -0.2) is 0 Å². The lowest BCUT2D eigenvalue weighted by molar-refractivity contribution is 0.429. The van der Waals surface area contributed by atoms with Gasteiger partial charge in [0.25, 0.3) is 0 Å². The van der Waals surface area contributed by atoms with Crippen LogP contribution in [-0.4, -0.2) is 6.54 Å². The fourth-order valence-electron chi connectivity index (χ4n) is 1.89. The molecule has 0 saturated heterocycles. The van der Waals surface area contributed by atoms with Gasteiger partial charge >= 0.3 is 0 Å². The molecule has 2 aromatic rings. The van der Waals surface area contributed by atoms with Crippen molar-refractivity contribution in [2.24, 2.45) is 0 Å². The maximum absolute atomic E-state index is 5.35. The van der Waals surface area contributed by atoms with E-state index in [4.69, 9.17) is 4.42 Å². The van der Waals surface area contributed by atoms with E-state index in [0.717, 1.165) is 25.1 Å². The molecule has 2 heteroatoms. The molecule has 0 spiro atoms. The Bertz CT molecular complexity index is 408. The Balaban J connectivity index is 1.67. The summed E-state index contributed by atoms with van der Waals surface area (Å²) in [5.41, 5.74) is 1.40. The lowest BCUT2D eigenvalue weighted by Gasteiger charge is -2.10. The zero-order chi connectivity index (χ0) is 11.9. The minimum Gasteiger partial charge on any atom is -0.468 e. The van der Waals surface area contributed by atoms with Crippen LogP contribution in [0.5, 0.6) is 0 Å². The highest BCUT2D eigenvalue weighted by Gasteiger charge is 2.05. The molecule has 2 rings (SSSR count). The molecule has 1 N–H and O–H groups in total. The Morgan fingerprint density at radius 1 is 1.12 bits per heavy atom. The Kier molecular flexibility index (Phi) is 4.39. The maximum Gasteiger partial charge on any atom is 0.120 e. The number of benzene rings is 1. The summed E-state index contributed by atoms with van der Waals surface area (Å²) in [7, 11) is 0. The van der Waals surface area contributed by atoms with Crippen LogP contribution in [0.1, 0.15) is 30.7 Å². The Hall–Kier alpha value is -1.54. The number of rotatable bonds is 6. The lowest BCUT2D eigenvalue weighted by atomic mass is 10.1. The second kappa shape index (κ2) is 6.26. The van der Waals surface area contributed by atoms with Crippen molar-refractivity contribution in [1.29, 1.82) is 0 Å². The third kappa shape index (κ3) is 3.75. The molecule has 1 atom stereocenters. The van der Waals surface area contributed by atoms with Crippen molar-refractivity contribution >= 4 is 0 Å². The van der Waals surface area contributed by atoms with Gasteiger partial charge in [0, 0.05) is 0 Å². The van der Waals surface area contributed by atoms with Gasteiger partial charge in [-0.1, -0.05) is 30.3 Å². The molecule has 90 valence electrons. The van der Waals surface area contributed by atoms with Crippen LogP contribution in [0.4, 0.5) is 0 Å². The third-order valence-corrected chi connectivity index (χ3v) is 2.91. The zero-order valence-corrected chi connectivity index (χ0v) is 10.2. The summed E-state index contributed by atoms with van der Waals surface area (Å²) in [6.45, 7) is 3.14. The molecule has 0 saturated carbocycles. The number of aryl methyl sites for hydroxylation is 1. The second-order valence-electron chi connectivity index (χ2n) is 4.28. The average molecular weight is 229 g/mol. The molecule has 1 unspecified atom stereocenters. The highest BCUT2D eigenvalue weighted by Crippen LogP contribution is 2.12. The predicted octanol–water partition coefficient (Wildman–Crippen LogP) is 3.56. The topological polar surface area (TPSA) is 25.2 Å². The lowest BCUT2D eigenvalue weighted by Crippen LogP contribution is -2.19. The molecule has 1 heterocycles. The number of furan rings is 1. The van der Waals surface area contributed by atoms with E-state index in [1.54, 1.807) is 6.26 Å². The summed E-state index contributed by atoms with van der Waals surface area (Å²) in [4.78, 5) is 0. The van der Waals surface area contributed by atoms with Crippen LogP contribution >= 0.6 is 0 Å². The minimum absolute atomic E-state index is 0.292. The van der Waals surface area contributed by atoms with Crippen molar-refractivity contribution < 1.29 is 4.42 Å². The van der Waals surface area contributed by atoms with Crippen molar-refractivity contribution in [3.8, 4) is 0 Å². The van der Waals surface area contributed by atoms with Gasteiger partial charge in [-0.3, -0.25) is 0 Å². The molecule has 0 fully saturated rings. The molecule has 0 aliphatic carbocycles. The molecule has 1 aromatic carbocycles. The molecule has 0 radical (unpaired) electrons. The van der Waals surface area contributed by atoms with Gasteiger partial charge in [0.15, 0.2) is 0 Å². The first-order valence-corrected chi connectivity index (χ1v) is 6.17. The normalized spacial score (nSPS) is 12.5. The van der Waals surface area contributed by atoms with Gasteiger partial charge < -0.3 is 9.73 Å². The van der Waals surface area contributed by atoms with Crippen molar-refractivity contribution in [3.63, 3.8) is 0 Å². The van der Waals surface area contributed by atoms with Gasteiger partial charge in [0.1, 0.15) is 5.76 Å². The summed E-state index contributed by atoms with van der Waals surface area (Å²) in [6, 6.07) is 14.8. The Morgan fingerprint density at radius 2 is 1.94 bits per heavy atom. The molecule has 0 aliphatic heterocycles. The van der Waals surface area contributed by atoms with Crippen LogP contribution in [0.3, 0.4) is 0 Å². The van der Waals surface area contributed by atoms with E-state index >= 15 is 0 Å². The maximum atomic E-state index is 5.35. The van der Waals surface area contributed by atoms with Gasteiger partial charge in [-0.05, 0) is 44.0 Å². The monoisotopic (exact) mass is 229 g/mol. The quantitative estimate of drug-likeness (QED) is 0.766. The fraction of sp³-hybridized carbons (Fsp3) is 0.333. The van der Waals surface area contributed by atoms with Crippen LogP contribution in [0, 0.1) is 0 Å². The standard InChI is InChI=1S/C15H19NO/c1-13(15-10-6-12-17-15)16-11-5-9-14-7-3-2-4-8-14/h2-4,6-8,10,12-13,16H,5,9,11H2,1H3. The fourth-order valence-corrected chi connectivity index (χ4v) is 1.89. The van der Waals surface area contributed by atoms with Crippen LogP contribution < -0.4 is 5.32 Å². The summed E-state index contributed by atoms with van der Waals surface area (Å²) >= 11 is 0. The first-order valence-electron chi connectivity index (χ1n) is 6.17. The number of nitrogens with one attached hydrogen (secondary N) is 1. The molecular weight excluding hydrogens is 210 g/mol. The predicted molar refractivity (Wildman–Crippen MR) is 69.9 cm³/mol. The largest absolute Gasteiger partial charge is 0.468 e. The van der Waals surface area contributed by atoms with Gasteiger partial charge in [0.05, 0.1) is 12.3 Å². The summed E-state index contributed by atoms with van der Waals surface area (Å²) in [6.07, 6.45) is 3.99. The van der Waals surface area contributed by atoms with E-state index in [-0.39, 0.29) is 0 Å². The average Bonchev–Trinajstić information content (AvgIpc) is 2.89. The number of hydrogen-bond donors (Lipinski definition) is 1. The van der Waals surface area contributed by atoms with Crippen LogP contribution in [0.25, 0.3) is 0 Å². The van der Waals surface area contributed by atoms with Crippen molar-refractivity contribution in [1.82, 2.24) is 5.32 Å². The summed E-state index contributed by atoms with van der Waals surface area (Å²) in [5.74, 6) is 1.00. The van der Waals surface area contributed by atoms with E-state index in [1.165, 1.54) is 5.56 Å².